The van der Waals surface area contributed by atoms with Crippen LogP contribution in [0.2, 0.25) is 0 Å². The number of aliphatic hydroxyl groups is 1. The summed E-state index contributed by atoms with van der Waals surface area (Å²) in [7, 11) is 1.29. The monoisotopic (exact) mass is 1120 g/mol. The van der Waals surface area contributed by atoms with E-state index in [4.69, 9.17) is 9.05 Å². The van der Waals surface area contributed by atoms with Gasteiger partial charge in [-0.25, -0.2) is 0 Å². The Hall–Kier alpha value is -2.58. The third-order valence-electron chi connectivity index (χ3n) is 14.6. The highest BCUT2D eigenvalue weighted by Crippen LogP contribution is 2.38. The van der Waals surface area contributed by atoms with E-state index in [0.717, 1.165) is 103 Å². The normalized spacial score (nSPS) is 14.4. The number of quaternary nitrogens is 1. The molecule has 9 heteroatoms. The minimum absolute atomic E-state index is 0.00455. The van der Waals surface area contributed by atoms with Gasteiger partial charge < -0.3 is 28.8 Å². The molecule has 0 bridgehead atoms. The highest BCUT2D eigenvalue weighted by atomic mass is 31.2. The zero-order valence-electron chi connectivity index (χ0n) is 52.3. The molecular formula is C70H127N2O6P. The number of hydrogen-bond acceptors (Lipinski definition) is 6. The van der Waals surface area contributed by atoms with Crippen molar-refractivity contribution in [2.24, 2.45) is 0 Å². The van der Waals surface area contributed by atoms with Gasteiger partial charge in [-0.15, -0.1) is 0 Å². The van der Waals surface area contributed by atoms with Crippen LogP contribution in [-0.2, 0) is 18.4 Å². The molecule has 0 aliphatic carbocycles. The summed E-state index contributed by atoms with van der Waals surface area (Å²) < 4.78 is 23.5. The fourth-order valence-electron chi connectivity index (χ4n) is 9.47. The number of amides is 1. The van der Waals surface area contributed by atoms with E-state index in [2.05, 4.69) is 116 Å². The van der Waals surface area contributed by atoms with Crippen LogP contribution in [-0.4, -0.2) is 68.5 Å². The number of hydrogen-bond donors (Lipinski definition) is 2. The van der Waals surface area contributed by atoms with E-state index < -0.39 is 20.0 Å². The average molecular weight is 1120 g/mol. The molecule has 0 heterocycles. The fourth-order valence-corrected chi connectivity index (χ4v) is 10.2. The van der Waals surface area contributed by atoms with Crippen molar-refractivity contribution < 1.29 is 32.9 Å². The topological polar surface area (TPSA) is 108 Å². The summed E-state index contributed by atoms with van der Waals surface area (Å²) in [5.41, 5.74) is 0. The van der Waals surface area contributed by atoms with Crippen LogP contribution in [0.4, 0.5) is 0 Å². The maximum Gasteiger partial charge on any atom is 0.268 e. The second kappa shape index (κ2) is 60.0. The molecule has 79 heavy (non-hydrogen) atoms. The summed E-state index contributed by atoms with van der Waals surface area (Å²) in [4.78, 5) is 25.6. The van der Waals surface area contributed by atoms with Gasteiger partial charge in [-0.3, -0.25) is 9.36 Å². The van der Waals surface area contributed by atoms with Crippen molar-refractivity contribution >= 4 is 13.7 Å². The van der Waals surface area contributed by atoms with E-state index in [-0.39, 0.29) is 19.1 Å². The molecule has 458 valence electrons. The minimum atomic E-state index is -4.59. The molecule has 0 spiro atoms. The molecule has 0 aromatic rings. The summed E-state index contributed by atoms with van der Waals surface area (Å²) in [6, 6.07) is -0.818. The Morgan fingerprint density at radius 3 is 1.13 bits per heavy atom. The van der Waals surface area contributed by atoms with Gasteiger partial charge in [0.25, 0.3) is 7.82 Å². The van der Waals surface area contributed by atoms with Gasteiger partial charge in [0.05, 0.1) is 39.9 Å². The van der Waals surface area contributed by atoms with Gasteiger partial charge in [0.1, 0.15) is 13.2 Å². The number of likely N-dealkylation sites (N-methyl/N-ethyl adjacent to an activating group) is 1. The van der Waals surface area contributed by atoms with Gasteiger partial charge in [-0.1, -0.05) is 304 Å². The fraction of sp³-hybridized carbons (Fsp3) is 0.757. The first-order valence-electron chi connectivity index (χ1n) is 33.1. The van der Waals surface area contributed by atoms with Gasteiger partial charge in [0.15, 0.2) is 0 Å². The second-order valence-electron chi connectivity index (χ2n) is 23.4. The summed E-state index contributed by atoms with van der Waals surface area (Å²) in [5.74, 6) is -0.180. The smallest absolute Gasteiger partial charge is 0.268 e. The quantitative estimate of drug-likeness (QED) is 0.0272. The van der Waals surface area contributed by atoms with E-state index in [0.29, 0.717) is 23.9 Å². The van der Waals surface area contributed by atoms with Crippen LogP contribution in [0.3, 0.4) is 0 Å². The molecule has 1 amide bonds. The molecule has 0 rings (SSSR count). The van der Waals surface area contributed by atoms with Crippen molar-refractivity contribution in [2.45, 2.75) is 302 Å². The van der Waals surface area contributed by atoms with Crippen LogP contribution in [0.25, 0.3) is 0 Å². The second-order valence-corrected chi connectivity index (χ2v) is 24.9. The molecule has 0 fully saturated rings. The van der Waals surface area contributed by atoms with Crippen LogP contribution in [0.5, 0.6) is 0 Å². The number of rotatable bonds is 60. The van der Waals surface area contributed by atoms with Crippen LogP contribution in [0.15, 0.2) is 97.2 Å². The summed E-state index contributed by atoms with van der Waals surface area (Å²) >= 11 is 0. The average Bonchev–Trinajstić information content (AvgIpc) is 3.42. The van der Waals surface area contributed by atoms with E-state index in [9.17, 15) is 19.4 Å². The highest BCUT2D eigenvalue weighted by Gasteiger charge is 2.24. The molecule has 0 aliphatic heterocycles. The molecule has 3 unspecified atom stereocenters. The zero-order chi connectivity index (χ0) is 57.7. The highest BCUT2D eigenvalue weighted by molar-refractivity contribution is 7.45. The molecule has 0 aromatic carbocycles. The molecule has 0 aromatic heterocycles. The Bertz CT molecular complexity index is 1610. The first-order chi connectivity index (χ1) is 38.5. The predicted molar refractivity (Wildman–Crippen MR) is 343 cm³/mol. The number of unbranched alkanes of at least 4 members (excludes halogenated alkanes) is 31. The number of carbonyl (C=O) groups excluding carboxylic acids is 1. The summed E-state index contributed by atoms with van der Waals surface area (Å²) in [6.07, 6.45) is 86.0. The third kappa shape index (κ3) is 62.9. The lowest BCUT2D eigenvalue weighted by atomic mass is 10.0. The SMILES string of the molecule is CC/C=C\C/C=C\C/C=C\C/C=C\C/C=C\C/C=C\C/C=C\C/C=C\CCCCCCCCC(=O)NC(COP(=O)([O-])OCC[N+](C)(C)C)C(O)CCCCCCCCCCCCCCCCCCCCCCCCCCCC. The standard InChI is InChI=1S/C70H127N2O6P/c1-6-8-10-12-14-16-18-20-22-24-26-28-30-32-34-35-36-37-38-40-42-44-46-48-50-52-54-56-58-60-62-64-70(74)71-68(67-78-79(75,76)77-66-65-72(3,4)5)69(73)63-61-59-57-55-53-51-49-47-45-43-41-39-33-31-29-27-25-23-21-19-17-15-13-11-9-7-2/h8,10,14,16,20,22,26,28,32,34,36-37,40,42,46,48,68-69,73H,6-7,9,11-13,15,17-19,21,23-25,27,29-31,33,35,38-39,41,43-45,47,49-67H2,1-5H3,(H-,71,74,75,76)/b10-8-,16-14-,22-20-,28-26-,34-32-,37-36-,42-40-,48-46-. The molecule has 0 radical (unpaired) electrons. The first kappa shape index (κ1) is 76.4. The number of phosphoric ester groups is 1. The van der Waals surface area contributed by atoms with Crippen LogP contribution >= 0.6 is 7.82 Å². The number of allylic oxidation sites excluding steroid dienone is 16. The van der Waals surface area contributed by atoms with Gasteiger partial charge in [-0.2, -0.15) is 0 Å². The van der Waals surface area contributed by atoms with Crippen molar-refractivity contribution in [3.63, 3.8) is 0 Å². The molecule has 0 aliphatic rings. The third-order valence-corrected chi connectivity index (χ3v) is 15.6. The van der Waals surface area contributed by atoms with Gasteiger partial charge in [-0.05, 0) is 77.0 Å². The lowest BCUT2D eigenvalue weighted by Gasteiger charge is -2.30. The Morgan fingerprint density at radius 1 is 0.456 bits per heavy atom. The minimum Gasteiger partial charge on any atom is -0.756 e. The summed E-state index contributed by atoms with van der Waals surface area (Å²) in [6.45, 7) is 4.62. The van der Waals surface area contributed by atoms with Crippen molar-refractivity contribution in [1.82, 2.24) is 5.32 Å². The lowest BCUT2D eigenvalue weighted by Crippen LogP contribution is -2.46. The van der Waals surface area contributed by atoms with Gasteiger partial charge in [0, 0.05) is 6.42 Å². The summed E-state index contributed by atoms with van der Waals surface area (Å²) in [5, 5.41) is 14.1. The van der Waals surface area contributed by atoms with Crippen LogP contribution in [0.1, 0.15) is 290 Å². The van der Waals surface area contributed by atoms with Crippen molar-refractivity contribution in [1.29, 1.82) is 0 Å². The lowest BCUT2D eigenvalue weighted by molar-refractivity contribution is -0.870. The Kier molecular flexibility index (Phi) is 58.1. The maximum atomic E-state index is 13.0. The number of nitrogens with one attached hydrogen (secondary N) is 1. The van der Waals surface area contributed by atoms with E-state index >= 15 is 0 Å². The van der Waals surface area contributed by atoms with Crippen molar-refractivity contribution in [3.05, 3.63) is 97.2 Å². The van der Waals surface area contributed by atoms with E-state index in [1.165, 1.54) is 161 Å². The number of nitrogens with zero attached hydrogens (tertiary/aromatic N) is 1. The van der Waals surface area contributed by atoms with Crippen LogP contribution in [0, 0.1) is 0 Å². The Balaban J connectivity index is 4.16. The van der Waals surface area contributed by atoms with Gasteiger partial charge in [0.2, 0.25) is 5.91 Å². The van der Waals surface area contributed by atoms with E-state index in [1.54, 1.807) is 0 Å². The van der Waals surface area contributed by atoms with Crippen LogP contribution < -0.4 is 10.2 Å². The molecular weight excluding hydrogens is 996 g/mol. The molecule has 0 saturated carbocycles. The van der Waals surface area contributed by atoms with E-state index in [1.807, 2.05) is 21.1 Å². The van der Waals surface area contributed by atoms with Gasteiger partial charge >= 0.3 is 0 Å². The maximum absolute atomic E-state index is 13.0. The zero-order valence-corrected chi connectivity index (χ0v) is 53.2. The number of aliphatic hydroxyl groups excluding tert-OH is 1. The Labute approximate surface area is 489 Å². The number of phosphoric acid groups is 1. The Morgan fingerprint density at radius 2 is 0.772 bits per heavy atom. The molecule has 3 atom stereocenters. The number of carbonyl (C=O) groups is 1. The molecule has 8 nitrogen and oxygen atoms in total. The van der Waals surface area contributed by atoms with Crippen molar-refractivity contribution in [3.8, 4) is 0 Å². The largest absolute Gasteiger partial charge is 0.756 e. The van der Waals surface area contributed by atoms with Crippen molar-refractivity contribution in [2.75, 3.05) is 40.9 Å². The predicted octanol–water partition coefficient (Wildman–Crippen LogP) is 20.3. The first-order valence-corrected chi connectivity index (χ1v) is 34.5. The molecule has 0 saturated heterocycles. The molecule has 2 N–H and O–H groups in total.